The van der Waals surface area contributed by atoms with Crippen LogP contribution in [-0.2, 0) is 9.47 Å². The average molecular weight is 159 g/mol. The smallest absolute Gasteiger partial charge is 0.213 e. The van der Waals surface area contributed by atoms with Gasteiger partial charge in [-0.3, -0.25) is 5.41 Å². The highest BCUT2D eigenvalue weighted by molar-refractivity contribution is 5.81. The van der Waals surface area contributed by atoms with Gasteiger partial charge in [0.05, 0.1) is 6.61 Å². The lowest BCUT2D eigenvalue weighted by Gasteiger charge is -2.26. The molecule has 0 aliphatic rings. The zero-order valence-electron chi connectivity index (χ0n) is 7.73. The van der Waals surface area contributed by atoms with E-state index in [9.17, 15) is 0 Å². The topological polar surface area (TPSA) is 42.3 Å². The molecule has 0 aromatic heterocycles. The summed E-state index contributed by atoms with van der Waals surface area (Å²) in [5.41, 5.74) is -0.546. The van der Waals surface area contributed by atoms with E-state index in [4.69, 9.17) is 14.9 Å². The van der Waals surface area contributed by atoms with E-state index in [-0.39, 0.29) is 5.90 Å². The third-order valence-corrected chi connectivity index (χ3v) is 1.89. The number of hydrogen-bond donors (Lipinski definition) is 1. The van der Waals surface area contributed by atoms with Gasteiger partial charge in [-0.25, -0.2) is 0 Å². The van der Waals surface area contributed by atoms with Crippen LogP contribution in [0.25, 0.3) is 0 Å². The predicted molar refractivity (Wildman–Crippen MR) is 45.1 cm³/mol. The van der Waals surface area contributed by atoms with E-state index in [1.165, 1.54) is 0 Å². The van der Waals surface area contributed by atoms with E-state index in [0.717, 1.165) is 6.42 Å². The van der Waals surface area contributed by atoms with E-state index < -0.39 is 5.60 Å². The van der Waals surface area contributed by atoms with Crippen LogP contribution in [0.3, 0.4) is 0 Å². The first-order chi connectivity index (χ1) is 5.10. The number of nitrogens with one attached hydrogen (secondary N) is 1. The quantitative estimate of drug-likeness (QED) is 0.502. The lowest BCUT2D eigenvalue weighted by Crippen LogP contribution is -2.37. The normalized spacial score (nSPS) is 15.6. The number of ether oxygens (including phenoxy) is 2. The Morgan fingerprint density at radius 2 is 2.00 bits per heavy atom. The van der Waals surface area contributed by atoms with Crippen molar-refractivity contribution in [3.8, 4) is 0 Å². The van der Waals surface area contributed by atoms with Crippen LogP contribution < -0.4 is 0 Å². The number of methoxy groups -OCH3 is 1. The van der Waals surface area contributed by atoms with Crippen LogP contribution in [0.4, 0.5) is 0 Å². The Morgan fingerprint density at radius 3 is 2.27 bits per heavy atom. The van der Waals surface area contributed by atoms with Crippen molar-refractivity contribution in [3.05, 3.63) is 0 Å². The van der Waals surface area contributed by atoms with Gasteiger partial charge < -0.3 is 9.47 Å². The summed E-state index contributed by atoms with van der Waals surface area (Å²) in [6.07, 6.45) is 0.752. The van der Waals surface area contributed by atoms with Gasteiger partial charge in [-0.05, 0) is 20.3 Å². The molecule has 1 atom stereocenters. The SMILES string of the molecule is CCOC(=N)C(C)(CC)OC. The Balaban J connectivity index is 4.12. The second-order valence-corrected chi connectivity index (χ2v) is 2.55. The first-order valence-electron chi connectivity index (χ1n) is 3.87. The monoisotopic (exact) mass is 159 g/mol. The summed E-state index contributed by atoms with van der Waals surface area (Å²) < 4.78 is 10.2. The van der Waals surface area contributed by atoms with Crippen LogP contribution >= 0.6 is 0 Å². The summed E-state index contributed by atoms with van der Waals surface area (Å²) in [6, 6.07) is 0. The molecular weight excluding hydrogens is 142 g/mol. The molecule has 3 nitrogen and oxygen atoms in total. The molecule has 1 N–H and O–H groups in total. The average Bonchev–Trinajstić information content (AvgIpc) is 2.03. The zero-order valence-corrected chi connectivity index (χ0v) is 7.73. The summed E-state index contributed by atoms with van der Waals surface area (Å²) in [4.78, 5) is 0. The van der Waals surface area contributed by atoms with Crippen molar-refractivity contribution < 1.29 is 9.47 Å². The standard InChI is InChI=1S/C8H17NO2/c1-5-8(3,10-4)7(9)11-6-2/h9H,5-6H2,1-4H3. The first-order valence-corrected chi connectivity index (χ1v) is 3.87. The van der Waals surface area contributed by atoms with E-state index >= 15 is 0 Å². The fourth-order valence-corrected chi connectivity index (χ4v) is 0.695. The maximum Gasteiger partial charge on any atom is 0.213 e. The second-order valence-electron chi connectivity index (χ2n) is 2.55. The largest absolute Gasteiger partial charge is 0.479 e. The van der Waals surface area contributed by atoms with Gasteiger partial charge in [0.25, 0.3) is 0 Å². The predicted octanol–water partition coefficient (Wildman–Crippen LogP) is 1.82. The lowest BCUT2D eigenvalue weighted by molar-refractivity contribution is 0.0389. The van der Waals surface area contributed by atoms with Crippen molar-refractivity contribution >= 4 is 5.90 Å². The van der Waals surface area contributed by atoms with E-state index in [1.807, 2.05) is 20.8 Å². The molecule has 0 radical (unpaired) electrons. The molecule has 0 fully saturated rings. The van der Waals surface area contributed by atoms with Crippen LogP contribution in [0.2, 0.25) is 0 Å². The highest BCUT2D eigenvalue weighted by atomic mass is 16.5. The molecule has 0 aromatic carbocycles. The minimum absolute atomic E-state index is 0.213. The van der Waals surface area contributed by atoms with E-state index in [1.54, 1.807) is 7.11 Å². The van der Waals surface area contributed by atoms with Crippen molar-refractivity contribution in [2.24, 2.45) is 0 Å². The van der Waals surface area contributed by atoms with Crippen molar-refractivity contribution in [2.75, 3.05) is 13.7 Å². The van der Waals surface area contributed by atoms with Gasteiger partial charge >= 0.3 is 0 Å². The molecule has 3 heteroatoms. The first kappa shape index (κ1) is 10.4. The number of rotatable bonds is 4. The van der Waals surface area contributed by atoms with Crippen LogP contribution in [-0.4, -0.2) is 25.2 Å². The van der Waals surface area contributed by atoms with Gasteiger partial charge in [0, 0.05) is 7.11 Å². The van der Waals surface area contributed by atoms with E-state index in [0.29, 0.717) is 6.61 Å². The third-order valence-electron chi connectivity index (χ3n) is 1.89. The van der Waals surface area contributed by atoms with Gasteiger partial charge in [0.2, 0.25) is 5.90 Å². The molecule has 0 heterocycles. The maximum atomic E-state index is 7.50. The second kappa shape index (κ2) is 4.34. The molecule has 11 heavy (non-hydrogen) atoms. The van der Waals surface area contributed by atoms with Gasteiger partial charge in [0.1, 0.15) is 5.60 Å². The Kier molecular flexibility index (Phi) is 4.11. The Labute approximate surface area is 68.2 Å². The Hall–Kier alpha value is -0.570. The molecule has 66 valence electrons. The molecule has 0 saturated heterocycles. The highest BCUT2D eigenvalue weighted by Gasteiger charge is 2.28. The van der Waals surface area contributed by atoms with Gasteiger partial charge in [0.15, 0.2) is 0 Å². The van der Waals surface area contributed by atoms with Crippen molar-refractivity contribution in [3.63, 3.8) is 0 Å². The fraction of sp³-hybridized carbons (Fsp3) is 0.875. The third kappa shape index (κ3) is 2.50. The van der Waals surface area contributed by atoms with Gasteiger partial charge in [-0.15, -0.1) is 0 Å². The summed E-state index contributed by atoms with van der Waals surface area (Å²) >= 11 is 0. The van der Waals surface area contributed by atoms with Crippen LogP contribution in [0.5, 0.6) is 0 Å². The van der Waals surface area contributed by atoms with Crippen molar-refractivity contribution in [1.29, 1.82) is 5.41 Å². The highest BCUT2D eigenvalue weighted by Crippen LogP contribution is 2.15. The fourth-order valence-electron chi connectivity index (χ4n) is 0.695. The molecule has 0 amide bonds. The van der Waals surface area contributed by atoms with Gasteiger partial charge in [-0.1, -0.05) is 6.92 Å². The van der Waals surface area contributed by atoms with Crippen LogP contribution in [0.1, 0.15) is 27.2 Å². The summed E-state index contributed by atoms with van der Waals surface area (Å²) in [5, 5.41) is 7.50. The molecule has 0 aliphatic carbocycles. The lowest BCUT2D eigenvalue weighted by atomic mass is 10.0. The molecule has 0 aliphatic heterocycles. The molecule has 0 rings (SSSR count). The van der Waals surface area contributed by atoms with Crippen molar-refractivity contribution in [1.82, 2.24) is 0 Å². The van der Waals surface area contributed by atoms with Crippen LogP contribution in [0, 0.1) is 5.41 Å². The zero-order chi connectivity index (χ0) is 8.91. The molecule has 1 unspecified atom stereocenters. The summed E-state index contributed by atoms with van der Waals surface area (Å²) in [7, 11) is 1.59. The Morgan fingerprint density at radius 1 is 1.45 bits per heavy atom. The van der Waals surface area contributed by atoms with Crippen LogP contribution in [0.15, 0.2) is 0 Å². The maximum absolute atomic E-state index is 7.50. The minimum Gasteiger partial charge on any atom is -0.479 e. The molecule has 0 spiro atoms. The Bertz CT molecular complexity index is 130. The van der Waals surface area contributed by atoms with Crippen molar-refractivity contribution in [2.45, 2.75) is 32.8 Å². The molecular formula is C8H17NO2. The molecule has 0 saturated carbocycles. The number of hydrogen-bond acceptors (Lipinski definition) is 3. The molecule has 0 bridgehead atoms. The molecule has 0 aromatic rings. The van der Waals surface area contributed by atoms with E-state index in [2.05, 4.69) is 0 Å². The summed E-state index contributed by atoms with van der Waals surface area (Å²) in [5.74, 6) is 0.213. The summed E-state index contributed by atoms with van der Waals surface area (Å²) in [6.45, 7) is 6.21. The van der Waals surface area contributed by atoms with Gasteiger partial charge in [-0.2, -0.15) is 0 Å². The minimum atomic E-state index is -0.546.